The summed E-state index contributed by atoms with van der Waals surface area (Å²) in [6.45, 7) is 2.69. The van der Waals surface area contributed by atoms with Gasteiger partial charge >= 0.3 is 0 Å². The molecular weight excluding hydrogens is 214 g/mol. The van der Waals surface area contributed by atoms with E-state index in [0.717, 1.165) is 5.65 Å². The van der Waals surface area contributed by atoms with Crippen molar-refractivity contribution in [1.29, 1.82) is 0 Å². The molecule has 1 aliphatic rings. The SMILES string of the molecule is Cc1ccn2nc(NC(CN)C3CC3)nc2c1. The van der Waals surface area contributed by atoms with Crippen LogP contribution in [-0.4, -0.2) is 27.2 Å². The minimum Gasteiger partial charge on any atom is -0.349 e. The van der Waals surface area contributed by atoms with Crippen molar-refractivity contribution in [2.45, 2.75) is 25.8 Å². The normalized spacial score (nSPS) is 17.3. The van der Waals surface area contributed by atoms with Crippen LogP contribution in [0.25, 0.3) is 5.65 Å². The number of aryl methyl sites for hydroxylation is 1. The Morgan fingerprint density at radius 3 is 3.12 bits per heavy atom. The molecule has 1 saturated carbocycles. The Labute approximate surface area is 100 Å². The summed E-state index contributed by atoms with van der Waals surface area (Å²) in [4.78, 5) is 4.46. The van der Waals surface area contributed by atoms with E-state index in [0.29, 0.717) is 24.5 Å². The molecule has 90 valence electrons. The minimum absolute atomic E-state index is 0.313. The summed E-state index contributed by atoms with van der Waals surface area (Å²) in [5.41, 5.74) is 7.82. The second-order valence-corrected chi connectivity index (χ2v) is 4.77. The van der Waals surface area contributed by atoms with Gasteiger partial charge in [0.25, 0.3) is 0 Å². The number of fused-ring (bicyclic) bond motifs is 1. The molecule has 0 amide bonds. The first kappa shape index (κ1) is 10.5. The van der Waals surface area contributed by atoms with E-state index in [1.807, 2.05) is 18.3 Å². The fourth-order valence-electron chi connectivity index (χ4n) is 2.08. The average Bonchev–Trinajstić information content (AvgIpc) is 3.07. The number of nitrogens with two attached hydrogens (primary N) is 1. The molecule has 0 saturated heterocycles. The maximum Gasteiger partial charge on any atom is 0.243 e. The van der Waals surface area contributed by atoms with E-state index in [1.54, 1.807) is 4.52 Å². The molecule has 0 bridgehead atoms. The molecule has 3 N–H and O–H groups in total. The molecule has 0 radical (unpaired) electrons. The van der Waals surface area contributed by atoms with Crippen LogP contribution in [0.4, 0.5) is 5.95 Å². The monoisotopic (exact) mass is 231 g/mol. The second kappa shape index (κ2) is 4.00. The van der Waals surface area contributed by atoms with Crippen LogP contribution in [0.15, 0.2) is 18.3 Å². The van der Waals surface area contributed by atoms with Gasteiger partial charge in [-0.15, -0.1) is 5.10 Å². The lowest BCUT2D eigenvalue weighted by atomic mass is 10.2. The molecular formula is C12H17N5. The fourth-order valence-corrected chi connectivity index (χ4v) is 2.08. The predicted octanol–water partition coefficient (Wildman–Crippen LogP) is 1.19. The zero-order valence-electron chi connectivity index (χ0n) is 9.93. The van der Waals surface area contributed by atoms with Crippen molar-refractivity contribution >= 4 is 11.6 Å². The fraction of sp³-hybridized carbons (Fsp3) is 0.500. The highest BCUT2D eigenvalue weighted by Crippen LogP contribution is 2.33. The highest BCUT2D eigenvalue weighted by Gasteiger charge is 2.30. The Morgan fingerprint density at radius 1 is 1.59 bits per heavy atom. The Kier molecular flexibility index (Phi) is 2.48. The van der Waals surface area contributed by atoms with E-state index in [1.165, 1.54) is 18.4 Å². The number of nitrogens with one attached hydrogen (secondary N) is 1. The Balaban J connectivity index is 1.84. The van der Waals surface area contributed by atoms with Gasteiger partial charge < -0.3 is 11.1 Å². The van der Waals surface area contributed by atoms with Gasteiger partial charge in [0.2, 0.25) is 5.95 Å². The highest BCUT2D eigenvalue weighted by atomic mass is 15.3. The van der Waals surface area contributed by atoms with Crippen LogP contribution in [0, 0.1) is 12.8 Å². The number of anilines is 1. The summed E-state index contributed by atoms with van der Waals surface area (Å²) >= 11 is 0. The van der Waals surface area contributed by atoms with Gasteiger partial charge in [0.15, 0.2) is 5.65 Å². The van der Waals surface area contributed by atoms with Gasteiger partial charge in [-0.05, 0) is 43.4 Å². The second-order valence-electron chi connectivity index (χ2n) is 4.77. The molecule has 1 aliphatic carbocycles. The number of hydrogen-bond acceptors (Lipinski definition) is 4. The van der Waals surface area contributed by atoms with E-state index in [-0.39, 0.29) is 0 Å². The molecule has 17 heavy (non-hydrogen) atoms. The quantitative estimate of drug-likeness (QED) is 0.829. The Morgan fingerprint density at radius 2 is 2.41 bits per heavy atom. The van der Waals surface area contributed by atoms with E-state index in [4.69, 9.17) is 5.73 Å². The number of aromatic nitrogens is 3. The minimum atomic E-state index is 0.313. The molecule has 2 aromatic heterocycles. The van der Waals surface area contributed by atoms with E-state index < -0.39 is 0 Å². The Bertz CT molecular complexity index is 529. The molecule has 0 spiro atoms. The van der Waals surface area contributed by atoms with Gasteiger partial charge in [0.05, 0.1) is 0 Å². The van der Waals surface area contributed by atoms with E-state index in [2.05, 4.69) is 22.3 Å². The summed E-state index contributed by atoms with van der Waals surface area (Å²) in [6.07, 6.45) is 4.46. The van der Waals surface area contributed by atoms with Gasteiger partial charge in [-0.2, -0.15) is 4.98 Å². The van der Waals surface area contributed by atoms with Crippen LogP contribution in [0.1, 0.15) is 18.4 Å². The first-order valence-electron chi connectivity index (χ1n) is 6.06. The Hall–Kier alpha value is -1.62. The number of rotatable bonds is 4. The smallest absolute Gasteiger partial charge is 0.243 e. The molecule has 2 aromatic rings. The lowest BCUT2D eigenvalue weighted by Gasteiger charge is -2.13. The van der Waals surface area contributed by atoms with Crippen molar-refractivity contribution in [1.82, 2.24) is 14.6 Å². The number of hydrogen-bond donors (Lipinski definition) is 2. The van der Waals surface area contributed by atoms with Crippen molar-refractivity contribution in [3.05, 3.63) is 23.9 Å². The lowest BCUT2D eigenvalue weighted by Crippen LogP contribution is -2.31. The maximum absolute atomic E-state index is 5.76. The number of nitrogens with zero attached hydrogens (tertiary/aromatic N) is 3. The van der Waals surface area contributed by atoms with Crippen LogP contribution in [0.3, 0.4) is 0 Å². The molecule has 1 atom stereocenters. The van der Waals surface area contributed by atoms with Crippen LogP contribution in [0.5, 0.6) is 0 Å². The van der Waals surface area contributed by atoms with Crippen molar-refractivity contribution in [3.8, 4) is 0 Å². The molecule has 1 fully saturated rings. The lowest BCUT2D eigenvalue weighted by molar-refractivity contribution is 0.639. The third-order valence-corrected chi connectivity index (χ3v) is 3.25. The number of pyridine rings is 1. The molecule has 3 rings (SSSR count). The zero-order valence-corrected chi connectivity index (χ0v) is 9.93. The summed E-state index contributed by atoms with van der Waals surface area (Å²) in [6, 6.07) is 4.35. The highest BCUT2D eigenvalue weighted by molar-refractivity contribution is 5.45. The summed E-state index contributed by atoms with van der Waals surface area (Å²) in [7, 11) is 0. The molecule has 5 heteroatoms. The first-order chi connectivity index (χ1) is 8.26. The predicted molar refractivity (Wildman–Crippen MR) is 66.9 cm³/mol. The first-order valence-corrected chi connectivity index (χ1v) is 6.06. The molecule has 5 nitrogen and oxygen atoms in total. The van der Waals surface area contributed by atoms with E-state index >= 15 is 0 Å². The molecule has 2 heterocycles. The van der Waals surface area contributed by atoms with Gasteiger partial charge in [-0.1, -0.05) is 0 Å². The van der Waals surface area contributed by atoms with Crippen LogP contribution < -0.4 is 11.1 Å². The molecule has 1 unspecified atom stereocenters. The van der Waals surface area contributed by atoms with Crippen molar-refractivity contribution in [3.63, 3.8) is 0 Å². The van der Waals surface area contributed by atoms with E-state index in [9.17, 15) is 0 Å². The van der Waals surface area contributed by atoms with Gasteiger partial charge in [-0.3, -0.25) is 0 Å². The maximum atomic E-state index is 5.76. The zero-order chi connectivity index (χ0) is 11.8. The van der Waals surface area contributed by atoms with Gasteiger partial charge in [0.1, 0.15) is 0 Å². The average molecular weight is 231 g/mol. The molecule has 0 aromatic carbocycles. The third kappa shape index (κ3) is 2.10. The summed E-state index contributed by atoms with van der Waals surface area (Å²) in [5, 5.41) is 7.72. The van der Waals surface area contributed by atoms with Gasteiger partial charge in [0, 0.05) is 18.8 Å². The van der Waals surface area contributed by atoms with Crippen LogP contribution in [0.2, 0.25) is 0 Å². The largest absolute Gasteiger partial charge is 0.349 e. The summed E-state index contributed by atoms with van der Waals surface area (Å²) < 4.78 is 1.79. The van der Waals surface area contributed by atoms with Crippen LogP contribution >= 0.6 is 0 Å². The topological polar surface area (TPSA) is 68.2 Å². The van der Waals surface area contributed by atoms with Crippen molar-refractivity contribution < 1.29 is 0 Å². The standard InChI is InChI=1S/C12H17N5/c1-8-4-5-17-11(6-8)15-12(16-17)14-10(7-13)9-2-3-9/h4-6,9-10H,2-3,7,13H2,1H3,(H,14,16). The van der Waals surface area contributed by atoms with Crippen molar-refractivity contribution in [2.24, 2.45) is 11.7 Å². The van der Waals surface area contributed by atoms with Gasteiger partial charge in [-0.25, -0.2) is 4.52 Å². The summed E-state index contributed by atoms with van der Waals surface area (Å²) in [5.74, 6) is 1.38. The van der Waals surface area contributed by atoms with Crippen LogP contribution in [-0.2, 0) is 0 Å². The molecule has 0 aliphatic heterocycles. The van der Waals surface area contributed by atoms with Crippen molar-refractivity contribution in [2.75, 3.05) is 11.9 Å². The third-order valence-electron chi connectivity index (χ3n) is 3.25.